The summed E-state index contributed by atoms with van der Waals surface area (Å²) in [7, 11) is -2.51. The molecular formula is C15H30O5Si. The molecule has 4 atom stereocenters. The van der Waals surface area contributed by atoms with Crippen LogP contribution in [-0.4, -0.2) is 56.4 Å². The van der Waals surface area contributed by atoms with Gasteiger partial charge < -0.3 is 23.8 Å². The van der Waals surface area contributed by atoms with Gasteiger partial charge in [-0.3, -0.25) is 0 Å². The van der Waals surface area contributed by atoms with E-state index in [0.29, 0.717) is 13.0 Å². The van der Waals surface area contributed by atoms with Crippen molar-refractivity contribution in [2.24, 2.45) is 0 Å². The highest BCUT2D eigenvalue weighted by Gasteiger charge is 2.62. The number of fused-ring (bicyclic) bond motifs is 1. The standard InChI is InChI=1S/C15H30O5Si/c1-14(2,3)21(15(4,5)6)18-9-13-11(20-21)7-10(17)12(8-16)19-13/h10-13,16-17H,7-9H2,1-6H3/t10-,11+,12+,13-/m1/s1. The smallest absolute Gasteiger partial charge is 0.349 e. The van der Waals surface area contributed by atoms with E-state index in [2.05, 4.69) is 41.5 Å². The Bertz CT molecular complexity index is 359. The molecule has 0 aromatic rings. The largest absolute Gasteiger partial charge is 0.394 e. The van der Waals surface area contributed by atoms with Gasteiger partial charge in [0.15, 0.2) is 0 Å². The minimum Gasteiger partial charge on any atom is -0.394 e. The molecule has 0 aliphatic carbocycles. The van der Waals surface area contributed by atoms with E-state index in [0.717, 1.165) is 0 Å². The van der Waals surface area contributed by atoms with E-state index >= 15 is 0 Å². The summed E-state index contributed by atoms with van der Waals surface area (Å²) in [6.45, 7) is 13.3. The van der Waals surface area contributed by atoms with Crippen LogP contribution in [0.3, 0.4) is 0 Å². The van der Waals surface area contributed by atoms with Crippen molar-refractivity contribution in [1.82, 2.24) is 0 Å². The Morgan fingerprint density at radius 3 is 2.10 bits per heavy atom. The van der Waals surface area contributed by atoms with Crippen molar-refractivity contribution in [3.8, 4) is 0 Å². The van der Waals surface area contributed by atoms with Gasteiger partial charge in [-0.15, -0.1) is 0 Å². The molecule has 0 bridgehead atoms. The molecule has 2 aliphatic rings. The molecule has 0 spiro atoms. The van der Waals surface area contributed by atoms with E-state index in [1.165, 1.54) is 0 Å². The molecule has 5 nitrogen and oxygen atoms in total. The summed E-state index contributed by atoms with van der Waals surface area (Å²) in [5.41, 5.74) is 0. The predicted molar refractivity (Wildman–Crippen MR) is 82.4 cm³/mol. The van der Waals surface area contributed by atoms with Gasteiger partial charge in [-0.25, -0.2) is 0 Å². The second-order valence-corrected chi connectivity index (χ2v) is 13.0. The first-order valence-corrected chi connectivity index (χ1v) is 9.59. The van der Waals surface area contributed by atoms with Gasteiger partial charge in [0.1, 0.15) is 12.2 Å². The SMILES string of the molecule is CC(C)(C)[Si]1(C(C)(C)C)OC[C@H]2O[C@@H](CO)[C@H](O)C[C@@H]2O1. The van der Waals surface area contributed by atoms with Crippen LogP contribution in [0.25, 0.3) is 0 Å². The lowest BCUT2D eigenvalue weighted by atomic mass is 9.99. The average molecular weight is 318 g/mol. The third-order valence-electron chi connectivity index (χ3n) is 4.59. The average Bonchev–Trinajstić information content (AvgIpc) is 2.34. The van der Waals surface area contributed by atoms with Crippen LogP contribution in [0, 0.1) is 0 Å². The molecule has 124 valence electrons. The summed E-state index contributed by atoms with van der Waals surface area (Å²) in [5, 5.41) is 19.2. The lowest BCUT2D eigenvalue weighted by molar-refractivity contribution is -0.206. The van der Waals surface area contributed by atoms with E-state index in [1.54, 1.807) is 0 Å². The van der Waals surface area contributed by atoms with Crippen LogP contribution < -0.4 is 0 Å². The summed E-state index contributed by atoms with van der Waals surface area (Å²) in [6, 6.07) is 0. The highest BCUT2D eigenvalue weighted by molar-refractivity contribution is 6.73. The van der Waals surface area contributed by atoms with Crippen molar-refractivity contribution < 1.29 is 23.8 Å². The van der Waals surface area contributed by atoms with Crippen LogP contribution in [0.15, 0.2) is 0 Å². The van der Waals surface area contributed by atoms with Crippen molar-refractivity contribution in [1.29, 1.82) is 0 Å². The minimum atomic E-state index is -2.51. The molecule has 2 N–H and O–H groups in total. The molecule has 0 aromatic heterocycles. The van der Waals surface area contributed by atoms with Crippen molar-refractivity contribution in [2.45, 2.75) is 82.5 Å². The van der Waals surface area contributed by atoms with E-state index in [9.17, 15) is 10.2 Å². The molecule has 2 heterocycles. The van der Waals surface area contributed by atoms with E-state index < -0.39 is 20.8 Å². The fourth-order valence-electron chi connectivity index (χ4n) is 3.74. The number of hydrogen-bond acceptors (Lipinski definition) is 5. The summed E-state index contributed by atoms with van der Waals surface area (Å²) >= 11 is 0. The molecule has 2 saturated heterocycles. The lowest BCUT2D eigenvalue weighted by Gasteiger charge is -2.56. The molecular weight excluding hydrogens is 288 g/mol. The van der Waals surface area contributed by atoms with Gasteiger partial charge in [0, 0.05) is 16.5 Å². The van der Waals surface area contributed by atoms with Crippen LogP contribution >= 0.6 is 0 Å². The molecule has 0 aromatic carbocycles. The van der Waals surface area contributed by atoms with Crippen LogP contribution in [0.5, 0.6) is 0 Å². The Balaban J connectivity index is 2.24. The Hall–Kier alpha value is 0.0169. The molecule has 0 amide bonds. The summed E-state index contributed by atoms with van der Waals surface area (Å²) in [5.74, 6) is 0. The van der Waals surface area contributed by atoms with E-state index in [1.807, 2.05) is 0 Å². The highest BCUT2D eigenvalue weighted by atomic mass is 28.4. The number of hydrogen-bond donors (Lipinski definition) is 2. The second kappa shape index (κ2) is 5.58. The zero-order valence-electron chi connectivity index (χ0n) is 14.0. The van der Waals surface area contributed by atoms with E-state index in [-0.39, 0.29) is 28.9 Å². The number of rotatable bonds is 1. The van der Waals surface area contributed by atoms with Gasteiger partial charge >= 0.3 is 8.56 Å². The Labute approximate surface area is 128 Å². The zero-order chi connectivity index (χ0) is 16.1. The van der Waals surface area contributed by atoms with Crippen LogP contribution in [0.2, 0.25) is 10.1 Å². The Kier molecular flexibility index (Phi) is 4.62. The maximum Gasteiger partial charge on any atom is 0.349 e. The van der Waals surface area contributed by atoms with Crippen molar-refractivity contribution in [3.63, 3.8) is 0 Å². The maximum atomic E-state index is 10.1. The van der Waals surface area contributed by atoms with Crippen LogP contribution in [-0.2, 0) is 13.6 Å². The quantitative estimate of drug-likeness (QED) is 0.723. The first-order chi connectivity index (χ1) is 9.52. The Morgan fingerprint density at radius 1 is 1.05 bits per heavy atom. The Morgan fingerprint density at radius 2 is 1.62 bits per heavy atom. The fraction of sp³-hybridized carbons (Fsp3) is 1.00. The normalized spacial score (nSPS) is 37.1. The van der Waals surface area contributed by atoms with Gasteiger partial charge in [0.25, 0.3) is 0 Å². The number of aliphatic hydroxyl groups is 2. The molecule has 2 rings (SSSR count). The van der Waals surface area contributed by atoms with Crippen molar-refractivity contribution in [3.05, 3.63) is 0 Å². The summed E-state index contributed by atoms with van der Waals surface area (Å²) < 4.78 is 18.6. The van der Waals surface area contributed by atoms with Crippen LogP contribution in [0.1, 0.15) is 48.0 Å². The van der Waals surface area contributed by atoms with Crippen molar-refractivity contribution >= 4 is 8.56 Å². The highest BCUT2D eigenvalue weighted by Crippen LogP contribution is 2.54. The fourth-order valence-corrected chi connectivity index (χ4v) is 8.70. The van der Waals surface area contributed by atoms with Gasteiger partial charge in [-0.05, 0) is 0 Å². The minimum absolute atomic E-state index is 0.0744. The first-order valence-electron chi connectivity index (χ1n) is 7.78. The lowest BCUT2D eigenvalue weighted by Crippen LogP contribution is -2.67. The zero-order valence-corrected chi connectivity index (χ0v) is 15.0. The molecule has 2 fully saturated rings. The van der Waals surface area contributed by atoms with Gasteiger partial charge in [-0.1, -0.05) is 41.5 Å². The first kappa shape index (κ1) is 17.4. The summed E-state index contributed by atoms with van der Waals surface area (Å²) in [4.78, 5) is 0. The molecule has 0 saturated carbocycles. The predicted octanol–water partition coefficient (Wildman–Crippen LogP) is 1.95. The second-order valence-electron chi connectivity index (χ2n) is 8.28. The number of aliphatic hydroxyl groups excluding tert-OH is 2. The third-order valence-corrected chi connectivity index (χ3v) is 9.75. The van der Waals surface area contributed by atoms with Gasteiger partial charge in [0.2, 0.25) is 0 Å². The van der Waals surface area contributed by atoms with E-state index in [4.69, 9.17) is 13.6 Å². The van der Waals surface area contributed by atoms with Gasteiger partial charge in [0.05, 0.1) is 25.4 Å². The summed E-state index contributed by atoms with van der Waals surface area (Å²) in [6.07, 6.45) is -1.06. The maximum absolute atomic E-state index is 10.1. The third kappa shape index (κ3) is 2.94. The van der Waals surface area contributed by atoms with Gasteiger partial charge in [-0.2, -0.15) is 0 Å². The molecule has 21 heavy (non-hydrogen) atoms. The van der Waals surface area contributed by atoms with Crippen molar-refractivity contribution in [2.75, 3.05) is 13.2 Å². The monoisotopic (exact) mass is 318 g/mol. The molecule has 6 heteroatoms. The number of ether oxygens (including phenoxy) is 1. The van der Waals surface area contributed by atoms with Crippen LogP contribution in [0.4, 0.5) is 0 Å². The molecule has 0 radical (unpaired) electrons. The molecule has 0 unspecified atom stereocenters. The molecule has 2 aliphatic heterocycles. The topological polar surface area (TPSA) is 68.2 Å².